The van der Waals surface area contributed by atoms with Gasteiger partial charge in [0, 0.05) is 18.2 Å². The summed E-state index contributed by atoms with van der Waals surface area (Å²) in [6, 6.07) is 18.3. The number of nitrogens with one attached hydrogen (secondary N) is 2. The lowest BCUT2D eigenvalue weighted by molar-refractivity contribution is -0.143. The average Bonchev–Trinajstić information content (AvgIpc) is 2.92. The first-order chi connectivity index (χ1) is 19.8. The average molecular weight is 575 g/mol. The molecule has 9 nitrogen and oxygen atoms in total. The van der Waals surface area contributed by atoms with Crippen molar-refractivity contribution in [2.75, 3.05) is 5.32 Å². The quantitative estimate of drug-likeness (QED) is 0.279. The first-order valence-corrected chi connectivity index (χ1v) is 14.3. The Kier molecular flexibility index (Phi) is 10.7. The van der Waals surface area contributed by atoms with E-state index < -0.39 is 47.5 Å². The van der Waals surface area contributed by atoms with Crippen molar-refractivity contribution in [2.45, 2.75) is 84.5 Å². The van der Waals surface area contributed by atoms with E-state index in [0.717, 1.165) is 22.8 Å². The molecule has 0 spiro atoms. The van der Waals surface area contributed by atoms with E-state index in [1.54, 1.807) is 34.6 Å². The van der Waals surface area contributed by atoms with Crippen molar-refractivity contribution < 1.29 is 23.9 Å². The van der Waals surface area contributed by atoms with E-state index in [2.05, 4.69) is 10.6 Å². The molecule has 0 aliphatic heterocycles. The highest BCUT2D eigenvalue weighted by Gasteiger charge is 2.38. The van der Waals surface area contributed by atoms with Gasteiger partial charge in [0.2, 0.25) is 11.8 Å². The lowest BCUT2D eigenvalue weighted by Gasteiger charge is -2.37. The highest BCUT2D eigenvalue weighted by molar-refractivity contribution is 6.00. The smallest absolute Gasteiger partial charge is 0.408 e. The van der Waals surface area contributed by atoms with Crippen LogP contribution in [0.2, 0.25) is 0 Å². The first kappa shape index (κ1) is 32.1. The molecule has 0 heterocycles. The fourth-order valence-electron chi connectivity index (χ4n) is 4.71. The summed E-state index contributed by atoms with van der Waals surface area (Å²) in [4.78, 5) is 54.1. The van der Waals surface area contributed by atoms with Crippen molar-refractivity contribution in [3.05, 3.63) is 77.9 Å². The van der Waals surface area contributed by atoms with Crippen LogP contribution in [0.4, 0.5) is 10.5 Å². The molecule has 0 fully saturated rings. The minimum Gasteiger partial charge on any atom is -0.444 e. The van der Waals surface area contributed by atoms with E-state index in [4.69, 9.17) is 10.5 Å². The summed E-state index contributed by atoms with van der Waals surface area (Å²) in [5, 5.41) is 7.60. The van der Waals surface area contributed by atoms with E-state index in [-0.39, 0.29) is 12.8 Å². The van der Waals surface area contributed by atoms with E-state index >= 15 is 0 Å². The second kappa shape index (κ2) is 14.0. The number of hydrogen-bond acceptors (Lipinski definition) is 5. The van der Waals surface area contributed by atoms with Crippen LogP contribution < -0.4 is 16.4 Å². The summed E-state index contributed by atoms with van der Waals surface area (Å²) < 4.78 is 5.38. The van der Waals surface area contributed by atoms with Crippen LogP contribution in [0, 0.1) is 0 Å². The third kappa shape index (κ3) is 8.80. The highest BCUT2D eigenvalue weighted by atomic mass is 16.6. The number of nitrogens with two attached hydrogens (primary N) is 1. The van der Waals surface area contributed by atoms with Crippen molar-refractivity contribution in [3.63, 3.8) is 0 Å². The number of alkyl carbamates (subject to hydrolysis) is 1. The van der Waals surface area contributed by atoms with Gasteiger partial charge < -0.3 is 26.0 Å². The van der Waals surface area contributed by atoms with Gasteiger partial charge in [-0.2, -0.15) is 0 Å². The van der Waals surface area contributed by atoms with Crippen LogP contribution in [0.1, 0.15) is 71.6 Å². The zero-order valence-electron chi connectivity index (χ0n) is 25.3. The molecule has 42 heavy (non-hydrogen) atoms. The molecule has 224 valence electrons. The number of rotatable bonds is 11. The lowest BCUT2D eigenvalue weighted by atomic mass is 9.98. The van der Waals surface area contributed by atoms with Crippen LogP contribution in [0.3, 0.4) is 0 Å². The summed E-state index contributed by atoms with van der Waals surface area (Å²) in [6.07, 6.45) is -0.184. The Hall–Kier alpha value is -4.40. The number of carbonyl (C=O) groups excluding carboxylic acids is 4. The normalized spacial score (nSPS) is 12.8. The number of ether oxygens (including phenoxy) is 1. The van der Waals surface area contributed by atoms with Crippen LogP contribution >= 0.6 is 0 Å². The van der Waals surface area contributed by atoms with E-state index in [0.29, 0.717) is 11.3 Å². The zero-order valence-corrected chi connectivity index (χ0v) is 25.3. The van der Waals surface area contributed by atoms with Gasteiger partial charge in [-0.05, 0) is 81.5 Å². The second-order valence-corrected chi connectivity index (χ2v) is 11.6. The van der Waals surface area contributed by atoms with Gasteiger partial charge in [0.25, 0.3) is 5.91 Å². The van der Waals surface area contributed by atoms with Crippen LogP contribution in [0.5, 0.6) is 0 Å². The number of nitrogens with zero attached hydrogens (tertiary/aromatic N) is 1. The third-order valence-electron chi connectivity index (χ3n) is 6.73. The van der Waals surface area contributed by atoms with Crippen LogP contribution in [-0.4, -0.2) is 46.4 Å². The maximum atomic E-state index is 14.2. The minimum absolute atomic E-state index is 0.0512. The topological polar surface area (TPSA) is 131 Å². The number of carbonyl (C=O) groups is 4. The Labute approximate surface area is 247 Å². The van der Waals surface area contributed by atoms with Crippen molar-refractivity contribution >= 4 is 40.3 Å². The standard InChI is InChI=1S/C33H42N4O5/c1-7-22-12-14-24(15-13-22)29(30(39)35-26-17-16-23-10-8-9-11-25(23)20-26)37(21(2)3)31(40)27(18-19-28(34)38)36-32(41)42-33(4,5)6/h8-17,20-21,27,29H,7,18-19H2,1-6H3,(H2,34,38)(H,35,39)(H,36,41). The van der Waals surface area contributed by atoms with Crippen molar-refractivity contribution in [1.29, 1.82) is 0 Å². The largest absolute Gasteiger partial charge is 0.444 e. The number of benzene rings is 3. The van der Waals surface area contributed by atoms with Crippen molar-refractivity contribution in [1.82, 2.24) is 10.2 Å². The molecule has 0 aromatic heterocycles. The molecule has 0 bridgehead atoms. The lowest BCUT2D eigenvalue weighted by Crippen LogP contribution is -2.54. The van der Waals surface area contributed by atoms with Crippen LogP contribution in [0.25, 0.3) is 10.8 Å². The number of aryl methyl sites for hydroxylation is 1. The predicted molar refractivity (Wildman–Crippen MR) is 165 cm³/mol. The summed E-state index contributed by atoms with van der Waals surface area (Å²) >= 11 is 0. The zero-order chi connectivity index (χ0) is 31.0. The molecular formula is C33H42N4O5. The molecule has 0 saturated carbocycles. The first-order valence-electron chi connectivity index (χ1n) is 14.3. The molecule has 0 aliphatic carbocycles. The summed E-state index contributed by atoms with van der Waals surface area (Å²) in [5.74, 6) is -1.56. The Morgan fingerprint density at radius 1 is 0.929 bits per heavy atom. The van der Waals surface area contributed by atoms with Gasteiger partial charge in [-0.25, -0.2) is 4.79 Å². The van der Waals surface area contributed by atoms with Crippen LogP contribution in [0.15, 0.2) is 66.7 Å². The maximum absolute atomic E-state index is 14.2. The summed E-state index contributed by atoms with van der Waals surface area (Å²) in [6.45, 7) is 10.8. The number of anilines is 1. The number of fused-ring (bicyclic) bond motifs is 1. The van der Waals surface area contributed by atoms with Gasteiger partial charge in [-0.1, -0.05) is 61.5 Å². The van der Waals surface area contributed by atoms with Gasteiger partial charge in [-0.15, -0.1) is 0 Å². The van der Waals surface area contributed by atoms with Gasteiger partial charge >= 0.3 is 6.09 Å². The SMILES string of the molecule is CCc1ccc(C(C(=O)Nc2ccc3ccccc3c2)N(C(=O)C(CCC(N)=O)NC(=O)OC(C)(C)C)C(C)C)cc1. The Morgan fingerprint density at radius 2 is 1.57 bits per heavy atom. The molecule has 0 radical (unpaired) electrons. The Morgan fingerprint density at radius 3 is 2.14 bits per heavy atom. The summed E-state index contributed by atoms with van der Waals surface area (Å²) in [7, 11) is 0. The third-order valence-corrected chi connectivity index (χ3v) is 6.73. The molecule has 0 aliphatic rings. The van der Waals surface area contributed by atoms with Crippen molar-refractivity contribution in [3.8, 4) is 0 Å². The molecule has 2 unspecified atom stereocenters. The maximum Gasteiger partial charge on any atom is 0.408 e. The van der Waals surface area contributed by atoms with Gasteiger partial charge in [-0.3, -0.25) is 14.4 Å². The molecule has 9 heteroatoms. The van der Waals surface area contributed by atoms with E-state index in [1.807, 2.05) is 73.7 Å². The van der Waals surface area contributed by atoms with E-state index in [9.17, 15) is 19.2 Å². The predicted octanol–water partition coefficient (Wildman–Crippen LogP) is 5.48. The molecular weight excluding hydrogens is 532 g/mol. The van der Waals surface area contributed by atoms with Gasteiger partial charge in [0.05, 0.1) is 0 Å². The molecule has 4 amide bonds. The molecule has 4 N–H and O–H groups in total. The Bertz CT molecular complexity index is 1410. The van der Waals surface area contributed by atoms with Crippen molar-refractivity contribution in [2.24, 2.45) is 5.73 Å². The second-order valence-electron chi connectivity index (χ2n) is 11.6. The van der Waals surface area contributed by atoms with Gasteiger partial charge in [0.1, 0.15) is 17.7 Å². The van der Waals surface area contributed by atoms with Crippen LogP contribution in [-0.2, 0) is 25.5 Å². The molecule has 3 aromatic rings. The van der Waals surface area contributed by atoms with E-state index in [1.165, 1.54) is 4.90 Å². The fourth-order valence-corrected chi connectivity index (χ4v) is 4.71. The fraction of sp³-hybridized carbons (Fsp3) is 0.394. The minimum atomic E-state index is -1.15. The number of hydrogen-bond donors (Lipinski definition) is 3. The van der Waals surface area contributed by atoms with Gasteiger partial charge in [0.15, 0.2) is 0 Å². The highest BCUT2D eigenvalue weighted by Crippen LogP contribution is 2.28. The molecule has 3 aromatic carbocycles. The Balaban J connectivity index is 2.02. The molecule has 2 atom stereocenters. The molecule has 3 rings (SSSR count). The molecule has 0 saturated heterocycles. The number of amides is 4. The summed E-state index contributed by atoms with van der Waals surface area (Å²) in [5.41, 5.74) is 6.87. The number of primary amides is 1. The monoisotopic (exact) mass is 574 g/mol.